The first-order valence-electron chi connectivity index (χ1n) is 6.63. The summed E-state index contributed by atoms with van der Waals surface area (Å²) < 4.78 is 13.4. The minimum atomic E-state index is -0.0764. The van der Waals surface area contributed by atoms with Crippen LogP contribution in [0.1, 0.15) is 37.3 Å². The van der Waals surface area contributed by atoms with Crippen molar-refractivity contribution in [1.29, 1.82) is 0 Å². The third-order valence-corrected chi connectivity index (χ3v) is 3.77. The van der Waals surface area contributed by atoms with Crippen molar-refractivity contribution in [3.05, 3.63) is 35.1 Å². The average Bonchev–Trinajstić information content (AvgIpc) is 2.31. The number of aryl methyl sites for hydroxylation is 2. The molecular formula is C15H22FN. The zero-order valence-electron chi connectivity index (χ0n) is 10.8. The van der Waals surface area contributed by atoms with Gasteiger partial charge in [0, 0.05) is 6.04 Å². The Balaban J connectivity index is 1.86. The van der Waals surface area contributed by atoms with Crippen LogP contribution in [0.5, 0.6) is 0 Å². The Bertz CT molecular complexity index is 375. The quantitative estimate of drug-likeness (QED) is 0.846. The average molecular weight is 235 g/mol. The molecule has 0 aliphatic carbocycles. The third kappa shape index (κ3) is 3.53. The second-order valence-electron chi connectivity index (χ2n) is 5.40. The Labute approximate surface area is 103 Å². The SMILES string of the molecule is Cc1ccc(CCC2CC(C)CCN2)cc1F. The van der Waals surface area contributed by atoms with Gasteiger partial charge < -0.3 is 5.32 Å². The van der Waals surface area contributed by atoms with Crippen LogP contribution in [0, 0.1) is 18.7 Å². The molecule has 1 saturated heterocycles. The zero-order chi connectivity index (χ0) is 12.3. The molecule has 1 fully saturated rings. The van der Waals surface area contributed by atoms with Crippen LogP contribution < -0.4 is 5.32 Å². The van der Waals surface area contributed by atoms with E-state index in [-0.39, 0.29) is 5.82 Å². The summed E-state index contributed by atoms with van der Waals surface area (Å²) in [6.45, 7) is 5.26. The van der Waals surface area contributed by atoms with Crippen molar-refractivity contribution in [2.45, 2.75) is 45.6 Å². The second kappa shape index (κ2) is 5.63. The smallest absolute Gasteiger partial charge is 0.126 e. The van der Waals surface area contributed by atoms with Gasteiger partial charge in [-0.3, -0.25) is 0 Å². The van der Waals surface area contributed by atoms with Crippen LogP contribution in [0.4, 0.5) is 4.39 Å². The summed E-state index contributed by atoms with van der Waals surface area (Å²) in [6, 6.07) is 6.22. The highest BCUT2D eigenvalue weighted by Gasteiger charge is 2.17. The molecule has 1 aromatic rings. The number of halogens is 1. The van der Waals surface area contributed by atoms with Gasteiger partial charge in [-0.05, 0) is 62.3 Å². The standard InChI is InChI=1S/C15H22FN/c1-11-7-8-17-14(9-11)6-5-13-4-3-12(2)15(16)10-13/h3-4,10-11,14,17H,5-9H2,1-2H3. The van der Waals surface area contributed by atoms with Crippen LogP contribution in [0.25, 0.3) is 0 Å². The van der Waals surface area contributed by atoms with Crippen LogP contribution in [0.3, 0.4) is 0 Å². The fourth-order valence-corrected chi connectivity index (χ4v) is 2.57. The lowest BCUT2D eigenvalue weighted by atomic mass is 9.91. The second-order valence-corrected chi connectivity index (χ2v) is 5.40. The zero-order valence-corrected chi connectivity index (χ0v) is 10.8. The van der Waals surface area contributed by atoms with E-state index >= 15 is 0 Å². The predicted molar refractivity (Wildman–Crippen MR) is 69.6 cm³/mol. The molecule has 1 N–H and O–H groups in total. The van der Waals surface area contributed by atoms with Gasteiger partial charge in [-0.1, -0.05) is 19.1 Å². The van der Waals surface area contributed by atoms with E-state index in [0.717, 1.165) is 36.4 Å². The highest BCUT2D eigenvalue weighted by molar-refractivity contribution is 5.23. The molecule has 1 aliphatic heterocycles. The van der Waals surface area contributed by atoms with E-state index in [1.165, 1.54) is 12.8 Å². The summed E-state index contributed by atoms with van der Waals surface area (Å²) in [7, 11) is 0. The molecule has 0 bridgehead atoms. The molecule has 1 aliphatic rings. The highest BCUT2D eigenvalue weighted by atomic mass is 19.1. The maximum Gasteiger partial charge on any atom is 0.126 e. The number of benzene rings is 1. The molecule has 17 heavy (non-hydrogen) atoms. The molecule has 0 radical (unpaired) electrons. The van der Waals surface area contributed by atoms with Crippen LogP contribution in [0.2, 0.25) is 0 Å². The molecule has 0 saturated carbocycles. The Morgan fingerprint density at radius 3 is 2.94 bits per heavy atom. The van der Waals surface area contributed by atoms with Crippen molar-refractivity contribution in [3.63, 3.8) is 0 Å². The molecular weight excluding hydrogens is 213 g/mol. The summed E-state index contributed by atoms with van der Waals surface area (Å²) in [5, 5.41) is 3.55. The molecule has 1 heterocycles. The first-order valence-corrected chi connectivity index (χ1v) is 6.63. The van der Waals surface area contributed by atoms with Crippen LogP contribution >= 0.6 is 0 Å². The number of rotatable bonds is 3. The topological polar surface area (TPSA) is 12.0 Å². The molecule has 94 valence electrons. The fourth-order valence-electron chi connectivity index (χ4n) is 2.57. The van der Waals surface area contributed by atoms with Crippen LogP contribution in [-0.2, 0) is 6.42 Å². The third-order valence-electron chi connectivity index (χ3n) is 3.77. The predicted octanol–water partition coefficient (Wildman–Crippen LogP) is 3.45. The van der Waals surface area contributed by atoms with E-state index < -0.39 is 0 Å². The van der Waals surface area contributed by atoms with Gasteiger partial charge in [0.25, 0.3) is 0 Å². The van der Waals surface area contributed by atoms with Gasteiger partial charge in [-0.2, -0.15) is 0 Å². The van der Waals surface area contributed by atoms with E-state index in [2.05, 4.69) is 12.2 Å². The van der Waals surface area contributed by atoms with Crippen molar-refractivity contribution in [2.24, 2.45) is 5.92 Å². The molecule has 2 unspecified atom stereocenters. The molecule has 2 heteroatoms. The van der Waals surface area contributed by atoms with Crippen LogP contribution in [0.15, 0.2) is 18.2 Å². The molecule has 1 aromatic carbocycles. The molecule has 0 amide bonds. The van der Waals surface area contributed by atoms with E-state index in [4.69, 9.17) is 0 Å². The minimum Gasteiger partial charge on any atom is -0.314 e. The maximum absolute atomic E-state index is 13.4. The van der Waals surface area contributed by atoms with Gasteiger partial charge in [0.2, 0.25) is 0 Å². The summed E-state index contributed by atoms with van der Waals surface area (Å²) in [5.41, 5.74) is 1.85. The van der Waals surface area contributed by atoms with E-state index in [9.17, 15) is 4.39 Å². The Hall–Kier alpha value is -0.890. The minimum absolute atomic E-state index is 0.0764. The Morgan fingerprint density at radius 2 is 2.24 bits per heavy atom. The molecule has 0 aromatic heterocycles. The summed E-state index contributed by atoms with van der Waals surface area (Å²) in [4.78, 5) is 0. The van der Waals surface area contributed by atoms with Gasteiger partial charge in [0.05, 0.1) is 0 Å². The van der Waals surface area contributed by atoms with Crippen molar-refractivity contribution < 1.29 is 4.39 Å². The van der Waals surface area contributed by atoms with Crippen molar-refractivity contribution >= 4 is 0 Å². The van der Waals surface area contributed by atoms with Crippen molar-refractivity contribution in [2.75, 3.05) is 6.54 Å². The maximum atomic E-state index is 13.4. The van der Waals surface area contributed by atoms with E-state index in [0.29, 0.717) is 6.04 Å². The van der Waals surface area contributed by atoms with Crippen LogP contribution in [-0.4, -0.2) is 12.6 Å². The first kappa shape index (κ1) is 12.6. The molecule has 2 atom stereocenters. The van der Waals surface area contributed by atoms with Gasteiger partial charge in [0.1, 0.15) is 5.82 Å². The summed E-state index contributed by atoms with van der Waals surface area (Å²) >= 11 is 0. The lowest BCUT2D eigenvalue weighted by Crippen LogP contribution is -2.37. The first-order chi connectivity index (χ1) is 8.15. The van der Waals surface area contributed by atoms with Gasteiger partial charge in [-0.25, -0.2) is 4.39 Å². The monoisotopic (exact) mass is 235 g/mol. The lowest BCUT2D eigenvalue weighted by Gasteiger charge is -2.28. The van der Waals surface area contributed by atoms with E-state index in [1.807, 2.05) is 19.1 Å². The number of nitrogens with one attached hydrogen (secondary N) is 1. The Morgan fingerprint density at radius 1 is 1.41 bits per heavy atom. The lowest BCUT2D eigenvalue weighted by molar-refractivity contribution is 0.308. The molecule has 2 rings (SSSR count). The fraction of sp³-hybridized carbons (Fsp3) is 0.600. The van der Waals surface area contributed by atoms with Crippen molar-refractivity contribution in [3.8, 4) is 0 Å². The number of hydrogen-bond acceptors (Lipinski definition) is 1. The van der Waals surface area contributed by atoms with Gasteiger partial charge in [-0.15, -0.1) is 0 Å². The summed E-state index contributed by atoms with van der Waals surface area (Å²) in [5.74, 6) is 0.753. The molecule has 0 spiro atoms. The highest BCUT2D eigenvalue weighted by Crippen LogP contribution is 2.19. The van der Waals surface area contributed by atoms with Gasteiger partial charge >= 0.3 is 0 Å². The normalized spacial score (nSPS) is 24.9. The summed E-state index contributed by atoms with van der Waals surface area (Å²) in [6.07, 6.45) is 4.64. The Kier molecular flexibility index (Phi) is 4.16. The van der Waals surface area contributed by atoms with E-state index in [1.54, 1.807) is 6.07 Å². The van der Waals surface area contributed by atoms with Gasteiger partial charge in [0.15, 0.2) is 0 Å². The number of piperidine rings is 1. The number of hydrogen-bond donors (Lipinski definition) is 1. The largest absolute Gasteiger partial charge is 0.314 e. The molecule has 1 nitrogen and oxygen atoms in total. The van der Waals surface area contributed by atoms with Crippen molar-refractivity contribution in [1.82, 2.24) is 5.32 Å².